The Morgan fingerprint density at radius 1 is 1.11 bits per heavy atom. The minimum absolute atomic E-state index is 0.0604. The van der Waals surface area contributed by atoms with Crippen molar-refractivity contribution >= 4 is 17.5 Å². The summed E-state index contributed by atoms with van der Waals surface area (Å²) in [6.45, 7) is 0.370. The van der Waals surface area contributed by atoms with E-state index in [1.54, 1.807) is 31.4 Å². The van der Waals surface area contributed by atoms with Crippen LogP contribution < -0.4 is 14.8 Å². The SMILES string of the molecule is COc1ccc(-c2n[nH]c(CCNC(=O)COc3ccc(Cl)cc3)n2)cc1. The summed E-state index contributed by atoms with van der Waals surface area (Å²) >= 11 is 5.80. The van der Waals surface area contributed by atoms with E-state index in [0.29, 0.717) is 35.4 Å². The summed E-state index contributed by atoms with van der Waals surface area (Å²) in [5.41, 5.74) is 0.888. The van der Waals surface area contributed by atoms with E-state index in [-0.39, 0.29) is 12.5 Å². The molecule has 0 spiro atoms. The number of aromatic amines is 1. The minimum Gasteiger partial charge on any atom is -0.497 e. The molecular formula is C19H19ClN4O3. The van der Waals surface area contributed by atoms with Gasteiger partial charge in [-0.15, -0.1) is 0 Å². The Morgan fingerprint density at radius 3 is 2.52 bits per heavy atom. The second-order valence-electron chi connectivity index (χ2n) is 5.68. The number of ether oxygens (including phenoxy) is 2. The van der Waals surface area contributed by atoms with Gasteiger partial charge in [-0.1, -0.05) is 11.6 Å². The highest BCUT2D eigenvalue weighted by Crippen LogP contribution is 2.19. The van der Waals surface area contributed by atoms with E-state index in [1.165, 1.54) is 0 Å². The largest absolute Gasteiger partial charge is 0.497 e. The Bertz CT molecular complexity index is 879. The smallest absolute Gasteiger partial charge is 0.257 e. The van der Waals surface area contributed by atoms with Crippen LogP contribution in [0.15, 0.2) is 48.5 Å². The Kier molecular flexibility index (Phi) is 6.27. The number of hydrogen-bond donors (Lipinski definition) is 2. The molecule has 0 atom stereocenters. The molecule has 2 N–H and O–H groups in total. The molecule has 0 radical (unpaired) electrons. The zero-order valence-corrected chi connectivity index (χ0v) is 15.5. The summed E-state index contributed by atoms with van der Waals surface area (Å²) < 4.78 is 10.5. The quantitative estimate of drug-likeness (QED) is 0.621. The number of carbonyl (C=O) groups is 1. The van der Waals surface area contributed by atoms with Crippen molar-refractivity contribution in [3.63, 3.8) is 0 Å². The maximum absolute atomic E-state index is 11.8. The first-order valence-electron chi connectivity index (χ1n) is 8.35. The minimum atomic E-state index is -0.208. The molecule has 0 fully saturated rings. The van der Waals surface area contributed by atoms with Crippen molar-refractivity contribution in [1.82, 2.24) is 20.5 Å². The number of aromatic nitrogens is 3. The fourth-order valence-corrected chi connectivity index (χ4v) is 2.45. The van der Waals surface area contributed by atoms with E-state index in [2.05, 4.69) is 20.5 Å². The Labute approximate surface area is 161 Å². The fourth-order valence-electron chi connectivity index (χ4n) is 2.33. The molecule has 8 heteroatoms. The zero-order chi connectivity index (χ0) is 19.1. The molecular weight excluding hydrogens is 368 g/mol. The average Bonchev–Trinajstić information content (AvgIpc) is 3.16. The molecule has 3 aromatic rings. The van der Waals surface area contributed by atoms with Crippen molar-refractivity contribution in [1.29, 1.82) is 0 Å². The number of amides is 1. The third-order valence-corrected chi connectivity index (χ3v) is 4.00. The van der Waals surface area contributed by atoms with Crippen LogP contribution in [0, 0.1) is 0 Å². The lowest BCUT2D eigenvalue weighted by atomic mass is 10.2. The number of H-pyrrole nitrogens is 1. The van der Waals surface area contributed by atoms with Gasteiger partial charge in [0, 0.05) is 23.6 Å². The number of rotatable bonds is 8. The van der Waals surface area contributed by atoms with Gasteiger partial charge in [0.15, 0.2) is 12.4 Å². The zero-order valence-electron chi connectivity index (χ0n) is 14.7. The van der Waals surface area contributed by atoms with Gasteiger partial charge >= 0.3 is 0 Å². The summed E-state index contributed by atoms with van der Waals surface area (Å²) in [5.74, 6) is 2.46. The van der Waals surface area contributed by atoms with Crippen molar-refractivity contribution in [3.05, 3.63) is 59.4 Å². The number of halogens is 1. The lowest BCUT2D eigenvalue weighted by Crippen LogP contribution is -2.30. The second-order valence-corrected chi connectivity index (χ2v) is 6.11. The van der Waals surface area contributed by atoms with Crippen LogP contribution in [0.4, 0.5) is 0 Å². The Balaban J connectivity index is 1.43. The van der Waals surface area contributed by atoms with Crippen LogP contribution in [-0.2, 0) is 11.2 Å². The van der Waals surface area contributed by atoms with Crippen molar-refractivity contribution in [3.8, 4) is 22.9 Å². The molecule has 1 aromatic heterocycles. The van der Waals surface area contributed by atoms with Crippen LogP contribution in [0.5, 0.6) is 11.5 Å². The summed E-state index contributed by atoms with van der Waals surface area (Å²) in [5, 5.41) is 10.5. The van der Waals surface area contributed by atoms with Crippen LogP contribution in [-0.4, -0.2) is 41.3 Å². The predicted octanol–water partition coefficient (Wildman–Crippen LogP) is 2.87. The van der Waals surface area contributed by atoms with Gasteiger partial charge in [-0.05, 0) is 48.5 Å². The molecule has 1 heterocycles. The highest BCUT2D eigenvalue weighted by molar-refractivity contribution is 6.30. The number of carbonyl (C=O) groups excluding carboxylic acids is 1. The topological polar surface area (TPSA) is 89.1 Å². The third kappa shape index (κ3) is 5.46. The predicted molar refractivity (Wildman–Crippen MR) is 102 cm³/mol. The Hall–Kier alpha value is -3.06. The van der Waals surface area contributed by atoms with Crippen LogP contribution in [0.25, 0.3) is 11.4 Å². The maximum atomic E-state index is 11.8. The lowest BCUT2D eigenvalue weighted by molar-refractivity contribution is -0.123. The normalized spacial score (nSPS) is 10.4. The summed E-state index contributed by atoms with van der Waals surface area (Å²) in [6.07, 6.45) is 0.538. The van der Waals surface area contributed by atoms with E-state index in [4.69, 9.17) is 21.1 Å². The molecule has 140 valence electrons. The molecule has 0 aliphatic rings. The number of benzene rings is 2. The van der Waals surface area contributed by atoms with Crippen LogP contribution in [0.1, 0.15) is 5.82 Å². The molecule has 0 unspecified atom stereocenters. The molecule has 7 nitrogen and oxygen atoms in total. The summed E-state index contributed by atoms with van der Waals surface area (Å²) in [7, 11) is 1.62. The second kappa shape index (κ2) is 9.05. The number of nitrogens with zero attached hydrogens (tertiary/aromatic N) is 2. The van der Waals surface area contributed by atoms with Gasteiger partial charge in [0.2, 0.25) is 0 Å². The summed E-state index contributed by atoms with van der Waals surface area (Å²) in [6, 6.07) is 14.3. The van der Waals surface area contributed by atoms with Crippen molar-refractivity contribution in [2.24, 2.45) is 0 Å². The number of hydrogen-bond acceptors (Lipinski definition) is 5. The first-order chi connectivity index (χ1) is 13.1. The van der Waals surface area contributed by atoms with Crippen LogP contribution in [0.2, 0.25) is 5.02 Å². The van der Waals surface area contributed by atoms with Crippen molar-refractivity contribution < 1.29 is 14.3 Å². The van der Waals surface area contributed by atoms with Gasteiger partial charge in [0.1, 0.15) is 17.3 Å². The lowest BCUT2D eigenvalue weighted by Gasteiger charge is -2.06. The van der Waals surface area contributed by atoms with Crippen LogP contribution >= 0.6 is 11.6 Å². The van der Waals surface area contributed by atoms with Gasteiger partial charge < -0.3 is 14.8 Å². The van der Waals surface area contributed by atoms with Gasteiger partial charge in [0.25, 0.3) is 5.91 Å². The molecule has 0 aliphatic carbocycles. The maximum Gasteiger partial charge on any atom is 0.257 e. The molecule has 0 saturated carbocycles. The molecule has 0 bridgehead atoms. The van der Waals surface area contributed by atoms with E-state index in [9.17, 15) is 4.79 Å². The van der Waals surface area contributed by atoms with Crippen molar-refractivity contribution in [2.75, 3.05) is 20.3 Å². The van der Waals surface area contributed by atoms with Gasteiger partial charge in [0.05, 0.1) is 7.11 Å². The van der Waals surface area contributed by atoms with E-state index in [1.807, 2.05) is 24.3 Å². The van der Waals surface area contributed by atoms with Gasteiger partial charge in [-0.25, -0.2) is 4.98 Å². The van der Waals surface area contributed by atoms with E-state index in [0.717, 1.165) is 11.3 Å². The Morgan fingerprint density at radius 2 is 1.81 bits per heavy atom. The van der Waals surface area contributed by atoms with Crippen molar-refractivity contribution in [2.45, 2.75) is 6.42 Å². The fraction of sp³-hybridized carbons (Fsp3) is 0.211. The van der Waals surface area contributed by atoms with E-state index >= 15 is 0 Å². The highest BCUT2D eigenvalue weighted by atomic mass is 35.5. The molecule has 0 saturated heterocycles. The average molecular weight is 387 g/mol. The van der Waals surface area contributed by atoms with E-state index < -0.39 is 0 Å². The standard InChI is InChI=1S/C19H19ClN4O3/c1-26-15-6-2-13(3-7-15)19-22-17(23-24-19)10-11-21-18(25)12-27-16-8-4-14(20)5-9-16/h2-9H,10-12H2,1H3,(H,21,25)(H,22,23,24). The molecule has 2 aromatic carbocycles. The van der Waals surface area contributed by atoms with Crippen LogP contribution in [0.3, 0.4) is 0 Å². The molecule has 0 aliphatic heterocycles. The molecule has 27 heavy (non-hydrogen) atoms. The first-order valence-corrected chi connectivity index (χ1v) is 8.72. The van der Waals surface area contributed by atoms with Gasteiger partial charge in [-0.2, -0.15) is 5.10 Å². The highest BCUT2D eigenvalue weighted by Gasteiger charge is 2.07. The third-order valence-electron chi connectivity index (χ3n) is 3.75. The first kappa shape index (κ1) is 18.7. The van der Waals surface area contributed by atoms with Gasteiger partial charge in [-0.3, -0.25) is 9.89 Å². The molecule has 3 rings (SSSR count). The monoisotopic (exact) mass is 386 g/mol. The molecule has 1 amide bonds. The summed E-state index contributed by atoms with van der Waals surface area (Å²) in [4.78, 5) is 16.3. The number of nitrogens with one attached hydrogen (secondary N) is 2. The number of methoxy groups -OCH3 is 1.